The van der Waals surface area contributed by atoms with Gasteiger partial charge in [0.05, 0.1) is 11.5 Å². The molecule has 15 heavy (non-hydrogen) atoms. The van der Waals surface area contributed by atoms with Gasteiger partial charge in [0, 0.05) is 0 Å². The molecular weight excluding hydrogens is 182 g/mol. The summed E-state index contributed by atoms with van der Waals surface area (Å²) in [6, 6.07) is 2.54. The minimum Gasteiger partial charge on any atom is -0.198 e. The summed E-state index contributed by atoms with van der Waals surface area (Å²) in [6.45, 7) is 8.56. The number of nitriles is 1. The van der Waals surface area contributed by atoms with E-state index < -0.39 is 0 Å². The summed E-state index contributed by atoms with van der Waals surface area (Å²) >= 11 is 0. The van der Waals surface area contributed by atoms with E-state index in [9.17, 15) is 5.26 Å². The Hall–Kier alpha value is -1.03. The fraction of sp³-hybridized carbons (Fsp3) is 0.643. The topological polar surface area (TPSA) is 23.8 Å². The number of hydrogen-bond acceptors (Lipinski definition) is 1. The molecule has 0 aromatic heterocycles. The van der Waals surface area contributed by atoms with E-state index in [1.54, 1.807) is 0 Å². The van der Waals surface area contributed by atoms with Crippen LogP contribution >= 0.6 is 0 Å². The number of rotatable bonds is 2. The van der Waals surface area contributed by atoms with Gasteiger partial charge < -0.3 is 0 Å². The van der Waals surface area contributed by atoms with Crippen LogP contribution < -0.4 is 0 Å². The van der Waals surface area contributed by atoms with Crippen LogP contribution in [0.4, 0.5) is 0 Å². The molecule has 1 atom stereocenters. The number of allylic oxidation sites excluding steroid dienone is 4. The molecule has 1 nitrogen and oxygen atoms in total. The number of hydrogen-bond donors (Lipinski definition) is 0. The van der Waals surface area contributed by atoms with Gasteiger partial charge in [0.1, 0.15) is 0 Å². The molecule has 0 bridgehead atoms. The highest BCUT2D eigenvalue weighted by atomic mass is 14.4. The second-order valence-corrected chi connectivity index (χ2v) is 5.12. The van der Waals surface area contributed by atoms with Crippen LogP contribution in [0, 0.1) is 16.7 Å². The van der Waals surface area contributed by atoms with Gasteiger partial charge in [0.15, 0.2) is 0 Å². The standard InChI is InChI=1S/C14H21N/c1-11(2)5-7-14(10-15)8-6-12(3)13(4)9-14/h5H,6-9H2,1-4H3. The maximum absolute atomic E-state index is 9.36. The first-order valence-electron chi connectivity index (χ1n) is 5.69. The van der Waals surface area contributed by atoms with Crippen LogP contribution in [0.15, 0.2) is 22.8 Å². The highest BCUT2D eigenvalue weighted by Gasteiger charge is 2.32. The number of nitrogens with zero attached hydrogens (tertiary/aromatic N) is 1. The molecule has 0 saturated heterocycles. The largest absolute Gasteiger partial charge is 0.198 e. The predicted octanol–water partition coefficient (Wildman–Crippen LogP) is 4.37. The fourth-order valence-electron chi connectivity index (χ4n) is 2.10. The molecule has 0 aromatic carbocycles. The van der Waals surface area contributed by atoms with Gasteiger partial charge in [0.2, 0.25) is 0 Å². The lowest BCUT2D eigenvalue weighted by molar-refractivity contribution is 0.343. The summed E-state index contributed by atoms with van der Waals surface area (Å²) in [5, 5.41) is 9.36. The maximum atomic E-state index is 9.36. The molecule has 0 aliphatic heterocycles. The zero-order valence-electron chi connectivity index (χ0n) is 10.4. The highest BCUT2D eigenvalue weighted by Crippen LogP contribution is 2.41. The van der Waals surface area contributed by atoms with Gasteiger partial charge in [-0.3, -0.25) is 0 Å². The van der Waals surface area contributed by atoms with Crippen LogP contribution in [0.25, 0.3) is 0 Å². The van der Waals surface area contributed by atoms with Gasteiger partial charge in [-0.1, -0.05) is 22.8 Å². The molecule has 1 unspecified atom stereocenters. The van der Waals surface area contributed by atoms with Crippen molar-refractivity contribution in [2.45, 2.75) is 53.4 Å². The van der Waals surface area contributed by atoms with Crippen LogP contribution in [0.3, 0.4) is 0 Å². The minimum atomic E-state index is -0.124. The summed E-state index contributed by atoms with van der Waals surface area (Å²) in [4.78, 5) is 0. The molecule has 0 radical (unpaired) electrons. The average Bonchev–Trinajstić information content (AvgIpc) is 2.20. The fourth-order valence-corrected chi connectivity index (χ4v) is 2.10. The lowest BCUT2D eigenvalue weighted by atomic mass is 9.71. The summed E-state index contributed by atoms with van der Waals surface area (Å²) in [7, 11) is 0. The van der Waals surface area contributed by atoms with E-state index in [0.717, 1.165) is 25.7 Å². The van der Waals surface area contributed by atoms with Gasteiger partial charge >= 0.3 is 0 Å². The first-order chi connectivity index (χ1) is 6.99. The molecule has 1 rings (SSSR count). The lowest BCUT2D eigenvalue weighted by Crippen LogP contribution is -2.22. The molecular formula is C14H21N. The zero-order chi connectivity index (χ0) is 11.5. The van der Waals surface area contributed by atoms with Crippen LogP contribution in [0.1, 0.15) is 53.4 Å². The van der Waals surface area contributed by atoms with Crippen molar-refractivity contribution in [2.24, 2.45) is 5.41 Å². The molecule has 1 aliphatic carbocycles. The van der Waals surface area contributed by atoms with Gasteiger partial charge in [0.25, 0.3) is 0 Å². The lowest BCUT2D eigenvalue weighted by Gasteiger charge is -2.31. The zero-order valence-corrected chi connectivity index (χ0v) is 10.4. The smallest absolute Gasteiger partial charge is 0.0696 e. The quantitative estimate of drug-likeness (QED) is 0.611. The van der Waals surface area contributed by atoms with Crippen molar-refractivity contribution >= 4 is 0 Å². The van der Waals surface area contributed by atoms with Gasteiger partial charge in [-0.15, -0.1) is 0 Å². The molecule has 0 heterocycles. The third-order valence-electron chi connectivity index (χ3n) is 3.45. The Kier molecular flexibility index (Phi) is 3.74. The molecule has 0 amide bonds. The van der Waals surface area contributed by atoms with E-state index in [0.29, 0.717) is 0 Å². The van der Waals surface area contributed by atoms with Crippen molar-refractivity contribution in [1.29, 1.82) is 5.26 Å². The second kappa shape index (κ2) is 4.66. The Balaban J connectivity index is 2.82. The van der Waals surface area contributed by atoms with E-state index in [1.807, 2.05) is 0 Å². The van der Waals surface area contributed by atoms with Crippen molar-refractivity contribution in [1.82, 2.24) is 0 Å². The highest BCUT2D eigenvalue weighted by molar-refractivity contribution is 5.22. The molecule has 1 aliphatic rings. The van der Waals surface area contributed by atoms with Crippen molar-refractivity contribution in [3.8, 4) is 6.07 Å². The summed E-state index contributed by atoms with van der Waals surface area (Å²) in [5.74, 6) is 0. The van der Waals surface area contributed by atoms with Gasteiger partial charge in [-0.05, 0) is 53.4 Å². The normalized spacial score (nSPS) is 26.1. The van der Waals surface area contributed by atoms with Gasteiger partial charge in [-0.25, -0.2) is 0 Å². The Morgan fingerprint density at radius 2 is 2.07 bits per heavy atom. The first kappa shape index (κ1) is 12.0. The summed E-state index contributed by atoms with van der Waals surface area (Å²) < 4.78 is 0. The average molecular weight is 203 g/mol. The molecule has 0 fully saturated rings. The Morgan fingerprint density at radius 1 is 1.40 bits per heavy atom. The SMILES string of the molecule is CC(C)=CCC1(C#N)CCC(C)=C(C)C1. The van der Waals surface area contributed by atoms with Crippen LogP contribution in [0.5, 0.6) is 0 Å². The molecule has 0 spiro atoms. The van der Waals surface area contributed by atoms with Crippen molar-refractivity contribution in [2.75, 3.05) is 0 Å². The molecule has 1 heteroatoms. The third-order valence-corrected chi connectivity index (χ3v) is 3.45. The van der Waals surface area contributed by atoms with Crippen molar-refractivity contribution in [3.63, 3.8) is 0 Å². The molecule has 0 aromatic rings. The van der Waals surface area contributed by atoms with Crippen LogP contribution in [-0.4, -0.2) is 0 Å². The first-order valence-corrected chi connectivity index (χ1v) is 5.69. The molecule has 0 N–H and O–H groups in total. The summed E-state index contributed by atoms with van der Waals surface area (Å²) in [5.41, 5.74) is 4.09. The van der Waals surface area contributed by atoms with Crippen molar-refractivity contribution in [3.05, 3.63) is 22.8 Å². The third kappa shape index (κ3) is 2.96. The Labute approximate surface area is 93.5 Å². The van der Waals surface area contributed by atoms with E-state index in [1.165, 1.54) is 16.7 Å². The minimum absolute atomic E-state index is 0.124. The summed E-state index contributed by atoms with van der Waals surface area (Å²) in [6.07, 6.45) is 6.19. The van der Waals surface area contributed by atoms with Crippen molar-refractivity contribution < 1.29 is 0 Å². The van der Waals surface area contributed by atoms with Crippen LogP contribution in [0.2, 0.25) is 0 Å². The Morgan fingerprint density at radius 3 is 2.53 bits per heavy atom. The van der Waals surface area contributed by atoms with Crippen LogP contribution in [-0.2, 0) is 0 Å². The second-order valence-electron chi connectivity index (χ2n) is 5.12. The van der Waals surface area contributed by atoms with E-state index >= 15 is 0 Å². The van der Waals surface area contributed by atoms with E-state index in [-0.39, 0.29) is 5.41 Å². The molecule has 82 valence electrons. The molecule has 0 saturated carbocycles. The maximum Gasteiger partial charge on any atom is 0.0696 e. The van der Waals surface area contributed by atoms with E-state index in [2.05, 4.69) is 39.8 Å². The Bertz CT molecular complexity index is 337. The van der Waals surface area contributed by atoms with E-state index in [4.69, 9.17) is 0 Å². The van der Waals surface area contributed by atoms with Gasteiger partial charge in [-0.2, -0.15) is 5.26 Å². The monoisotopic (exact) mass is 203 g/mol. The predicted molar refractivity (Wildman–Crippen MR) is 64.3 cm³/mol.